The molecule has 0 aromatic carbocycles. The molecule has 1 aliphatic carbocycles. The van der Waals surface area contributed by atoms with Crippen LogP contribution < -0.4 is 0 Å². The normalized spacial score (nSPS) is 28.8. The second kappa shape index (κ2) is 8.35. The number of ether oxygens (including phenoxy) is 1. The van der Waals surface area contributed by atoms with Crippen LogP contribution in [0.3, 0.4) is 0 Å². The molecule has 3 rings (SSSR count). The van der Waals surface area contributed by atoms with Crippen molar-refractivity contribution in [2.24, 2.45) is 5.92 Å². The molecule has 0 aromatic rings. The van der Waals surface area contributed by atoms with Crippen LogP contribution in [0.1, 0.15) is 57.8 Å². The van der Waals surface area contributed by atoms with Gasteiger partial charge in [0.15, 0.2) is 0 Å². The highest BCUT2D eigenvalue weighted by atomic mass is 32.2. The van der Waals surface area contributed by atoms with Gasteiger partial charge in [0.1, 0.15) is 0 Å². The molecule has 2 aliphatic heterocycles. The largest absolute Gasteiger partial charge is 0.381 e. The van der Waals surface area contributed by atoms with E-state index in [2.05, 4.69) is 0 Å². The van der Waals surface area contributed by atoms with E-state index in [4.69, 9.17) is 4.74 Å². The summed E-state index contributed by atoms with van der Waals surface area (Å²) in [4.78, 5) is 14.5. The zero-order valence-electron chi connectivity index (χ0n) is 15.4. The highest BCUT2D eigenvalue weighted by molar-refractivity contribution is 7.88. The van der Waals surface area contributed by atoms with E-state index in [1.165, 1.54) is 6.26 Å². The zero-order chi connectivity index (χ0) is 17.9. The topological polar surface area (TPSA) is 66.9 Å². The van der Waals surface area contributed by atoms with Crippen molar-refractivity contribution in [2.75, 3.05) is 32.6 Å². The number of rotatable bonds is 6. The third-order valence-corrected chi connectivity index (χ3v) is 7.38. The first-order valence-electron chi connectivity index (χ1n) is 9.79. The average molecular weight is 373 g/mol. The molecule has 144 valence electrons. The molecule has 0 aromatic heterocycles. The molecule has 0 bridgehead atoms. The molecule has 1 saturated carbocycles. The van der Waals surface area contributed by atoms with E-state index in [1.807, 2.05) is 4.90 Å². The lowest BCUT2D eigenvalue weighted by molar-refractivity contribution is -0.131. The molecule has 7 heteroatoms. The summed E-state index contributed by atoms with van der Waals surface area (Å²) in [7, 11) is -3.18. The lowest BCUT2D eigenvalue weighted by atomic mass is 9.91. The molecule has 6 nitrogen and oxygen atoms in total. The Morgan fingerprint density at radius 2 is 1.80 bits per heavy atom. The summed E-state index contributed by atoms with van der Waals surface area (Å²) in [6.07, 6.45) is 9.52. The van der Waals surface area contributed by atoms with E-state index in [0.29, 0.717) is 18.9 Å². The summed E-state index contributed by atoms with van der Waals surface area (Å²) >= 11 is 0. The molecule has 3 aliphatic rings. The maximum Gasteiger partial charge on any atom is 0.222 e. The predicted molar refractivity (Wildman–Crippen MR) is 96.7 cm³/mol. The molecule has 2 atom stereocenters. The molecule has 2 heterocycles. The lowest BCUT2D eigenvalue weighted by Gasteiger charge is -2.40. The van der Waals surface area contributed by atoms with Crippen LogP contribution in [0.4, 0.5) is 0 Å². The summed E-state index contributed by atoms with van der Waals surface area (Å²) in [5.74, 6) is 0.755. The van der Waals surface area contributed by atoms with Crippen molar-refractivity contribution in [3.63, 3.8) is 0 Å². The van der Waals surface area contributed by atoms with Crippen LogP contribution in [0.25, 0.3) is 0 Å². The Balaban J connectivity index is 1.53. The summed E-state index contributed by atoms with van der Waals surface area (Å²) in [5, 5.41) is 0. The smallest absolute Gasteiger partial charge is 0.222 e. The predicted octanol–water partition coefficient (Wildman–Crippen LogP) is 2.00. The number of likely N-dealkylation sites (tertiary alicyclic amines) is 1. The molecule has 3 fully saturated rings. The van der Waals surface area contributed by atoms with Crippen molar-refractivity contribution in [3.05, 3.63) is 0 Å². The summed E-state index contributed by atoms with van der Waals surface area (Å²) < 4.78 is 31.7. The van der Waals surface area contributed by atoms with Crippen molar-refractivity contribution in [1.29, 1.82) is 0 Å². The van der Waals surface area contributed by atoms with Gasteiger partial charge in [-0.05, 0) is 50.9 Å². The van der Waals surface area contributed by atoms with Crippen molar-refractivity contribution in [2.45, 2.75) is 69.9 Å². The van der Waals surface area contributed by atoms with Crippen LogP contribution in [0.2, 0.25) is 0 Å². The minimum Gasteiger partial charge on any atom is -0.381 e. The van der Waals surface area contributed by atoms with Crippen LogP contribution in [0.15, 0.2) is 0 Å². The Morgan fingerprint density at radius 1 is 1.08 bits per heavy atom. The number of carbonyl (C=O) groups is 1. The van der Waals surface area contributed by atoms with E-state index in [0.717, 1.165) is 71.1 Å². The van der Waals surface area contributed by atoms with E-state index in [-0.39, 0.29) is 18.0 Å². The average Bonchev–Trinajstić information content (AvgIpc) is 2.91. The van der Waals surface area contributed by atoms with E-state index in [9.17, 15) is 13.2 Å². The van der Waals surface area contributed by atoms with Gasteiger partial charge >= 0.3 is 0 Å². The fourth-order valence-electron chi connectivity index (χ4n) is 4.36. The van der Waals surface area contributed by atoms with E-state index in [1.54, 1.807) is 4.31 Å². The summed E-state index contributed by atoms with van der Waals surface area (Å²) in [5.41, 5.74) is 0. The fraction of sp³-hybridized carbons (Fsp3) is 0.944. The van der Waals surface area contributed by atoms with Crippen LogP contribution in [-0.4, -0.2) is 68.2 Å². The highest BCUT2D eigenvalue weighted by Crippen LogP contribution is 2.32. The number of hydrogen-bond donors (Lipinski definition) is 0. The Morgan fingerprint density at radius 3 is 2.40 bits per heavy atom. The maximum absolute atomic E-state index is 12.5. The number of nitrogens with zero attached hydrogens (tertiary/aromatic N) is 2. The standard InChI is InChI=1S/C18H32N2O4S/c1-25(22,23)20(16-4-2-5-16)17-6-3-11-19(12-9-17)18(21)8-7-15-10-13-24-14-15/h15-17H,2-14H2,1H3/t15-,17+/m0/s1. The summed E-state index contributed by atoms with van der Waals surface area (Å²) in [6.45, 7) is 3.06. The second-order valence-corrected chi connectivity index (χ2v) is 9.80. The molecular weight excluding hydrogens is 340 g/mol. The minimum atomic E-state index is -3.18. The first kappa shape index (κ1) is 19.1. The molecule has 0 unspecified atom stereocenters. The third kappa shape index (κ3) is 4.95. The maximum atomic E-state index is 12.5. The van der Waals surface area contributed by atoms with Crippen molar-refractivity contribution < 1.29 is 17.9 Å². The second-order valence-electron chi connectivity index (χ2n) is 7.91. The van der Waals surface area contributed by atoms with Crippen molar-refractivity contribution >= 4 is 15.9 Å². The molecule has 1 amide bonds. The van der Waals surface area contributed by atoms with Gasteiger partial charge in [-0.3, -0.25) is 4.79 Å². The molecule has 0 N–H and O–H groups in total. The van der Waals surface area contributed by atoms with Gasteiger partial charge in [0, 0.05) is 44.8 Å². The van der Waals surface area contributed by atoms with Crippen LogP contribution in [-0.2, 0) is 19.6 Å². The Labute approximate surface area is 151 Å². The van der Waals surface area contributed by atoms with E-state index < -0.39 is 10.0 Å². The molecule has 2 saturated heterocycles. The monoisotopic (exact) mass is 372 g/mol. The van der Waals surface area contributed by atoms with Gasteiger partial charge in [0.05, 0.1) is 6.26 Å². The SMILES string of the molecule is CS(=O)(=O)N(C1CCC1)[C@@H]1CCCN(C(=O)CC[C@H]2CCOC2)CC1. The Hall–Kier alpha value is -0.660. The lowest BCUT2D eigenvalue weighted by Crippen LogP contribution is -2.50. The van der Waals surface area contributed by atoms with Gasteiger partial charge in [-0.2, -0.15) is 4.31 Å². The van der Waals surface area contributed by atoms with Gasteiger partial charge < -0.3 is 9.64 Å². The van der Waals surface area contributed by atoms with E-state index >= 15 is 0 Å². The molecule has 0 radical (unpaired) electrons. The first-order valence-corrected chi connectivity index (χ1v) is 11.6. The number of amides is 1. The van der Waals surface area contributed by atoms with Gasteiger partial charge in [-0.15, -0.1) is 0 Å². The minimum absolute atomic E-state index is 0.0568. The molecule has 25 heavy (non-hydrogen) atoms. The zero-order valence-corrected chi connectivity index (χ0v) is 16.2. The van der Waals surface area contributed by atoms with Gasteiger partial charge in [-0.25, -0.2) is 8.42 Å². The van der Waals surface area contributed by atoms with Crippen molar-refractivity contribution in [1.82, 2.24) is 9.21 Å². The molecular formula is C18H32N2O4S. The first-order chi connectivity index (χ1) is 11.9. The summed E-state index contributed by atoms with van der Waals surface area (Å²) in [6, 6.07) is 0.242. The number of carbonyl (C=O) groups excluding carboxylic acids is 1. The Bertz CT molecular complexity index is 555. The van der Waals surface area contributed by atoms with Gasteiger partial charge in [0.2, 0.25) is 15.9 Å². The third-order valence-electron chi connectivity index (χ3n) is 6.02. The number of sulfonamides is 1. The fourth-order valence-corrected chi connectivity index (χ4v) is 5.87. The van der Waals surface area contributed by atoms with Crippen molar-refractivity contribution in [3.8, 4) is 0 Å². The highest BCUT2D eigenvalue weighted by Gasteiger charge is 2.37. The van der Waals surface area contributed by atoms with Crippen LogP contribution in [0, 0.1) is 5.92 Å². The Kier molecular flexibility index (Phi) is 6.39. The van der Waals surface area contributed by atoms with Gasteiger partial charge in [-0.1, -0.05) is 6.42 Å². The van der Waals surface area contributed by atoms with Crippen LogP contribution >= 0.6 is 0 Å². The van der Waals surface area contributed by atoms with Gasteiger partial charge in [0.25, 0.3) is 0 Å². The molecule has 0 spiro atoms. The number of hydrogen-bond acceptors (Lipinski definition) is 4. The van der Waals surface area contributed by atoms with Crippen LogP contribution in [0.5, 0.6) is 0 Å². The quantitative estimate of drug-likeness (QED) is 0.715.